The van der Waals surface area contributed by atoms with Crippen LogP contribution in [-0.4, -0.2) is 16.6 Å². The molecule has 1 aliphatic carbocycles. The van der Waals surface area contributed by atoms with Crippen LogP contribution in [0.3, 0.4) is 0 Å². The van der Waals surface area contributed by atoms with Crippen molar-refractivity contribution in [3.8, 4) is 5.88 Å². The molecule has 0 unspecified atom stereocenters. The van der Waals surface area contributed by atoms with Crippen molar-refractivity contribution in [1.29, 1.82) is 0 Å². The fourth-order valence-electron chi connectivity index (χ4n) is 4.31. The van der Waals surface area contributed by atoms with Crippen LogP contribution in [0.1, 0.15) is 48.8 Å². The number of aromatic nitrogens is 2. The molecular formula is C26H32N4O. The number of benzene rings is 2. The maximum Gasteiger partial charge on any atom is 0.225 e. The topological polar surface area (TPSA) is 64.3 Å². The van der Waals surface area contributed by atoms with Crippen LogP contribution in [-0.2, 0) is 13.1 Å². The van der Waals surface area contributed by atoms with Gasteiger partial charge in [-0.05, 0) is 36.8 Å². The van der Waals surface area contributed by atoms with E-state index in [0.29, 0.717) is 18.4 Å². The normalized spacial score (nSPS) is 14.4. The molecule has 1 fully saturated rings. The number of rotatable bonds is 8. The largest absolute Gasteiger partial charge is 0.477 e. The van der Waals surface area contributed by atoms with E-state index >= 15 is 0 Å². The van der Waals surface area contributed by atoms with E-state index in [1.807, 2.05) is 19.1 Å². The number of ether oxygens (including phenoxy) is 1. The molecule has 31 heavy (non-hydrogen) atoms. The molecule has 0 saturated heterocycles. The summed E-state index contributed by atoms with van der Waals surface area (Å²) in [5.74, 6) is 2.31. The number of hydrogen-bond donors (Lipinski definition) is 1. The molecule has 5 nitrogen and oxygen atoms in total. The Hall–Kier alpha value is -3.08. The van der Waals surface area contributed by atoms with Gasteiger partial charge in [-0.15, -0.1) is 0 Å². The highest BCUT2D eigenvalue weighted by Gasteiger charge is 2.20. The first kappa shape index (κ1) is 21.2. The van der Waals surface area contributed by atoms with Crippen molar-refractivity contribution in [3.05, 3.63) is 77.4 Å². The zero-order valence-electron chi connectivity index (χ0n) is 18.3. The van der Waals surface area contributed by atoms with E-state index in [0.717, 1.165) is 24.5 Å². The summed E-state index contributed by atoms with van der Waals surface area (Å²) in [6.45, 7) is 4.20. The van der Waals surface area contributed by atoms with Gasteiger partial charge in [-0.25, -0.2) is 0 Å². The summed E-state index contributed by atoms with van der Waals surface area (Å²) in [6, 6.07) is 20.9. The highest BCUT2D eigenvalue weighted by molar-refractivity contribution is 5.54. The van der Waals surface area contributed by atoms with Crippen LogP contribution in [0.2, 0.25) is 0 Å². The molecule has 2 N–H and O–H groups in total. The van der Waals surface area contributed by atoms with Gasteiger partial charge in [0.05, 0.1) is 12.2 Å². The van der Waals surface area contributed by atoms with Crippen molar-refractivity contribution in [2.24, 2.45) is 5.92 Å². The zero-order valence-corrected chi connectivity index (χ0v) is 18.3. The van der Waals surface area contributed by atoms with Crippen molar-refractivity contribution in [2.45, 2.75) is 52.1 Å². The second kappa shape index (κ2) is 10.3. The monoisotopic (exact) mass is 416 g/mol. The van der Waals surface area contributed by atoms with E-state index in [4.69, 9.17) is 10.5 Å². The van der Waals surface area contributed by atoms with Crippen LogP contribution < -0.4 is 15.4 Å². The minimum Gasteiger partial charge on any atom is -0.477 e. The van der Waals surface area contributed by atoms with Gasteiger partial charge in [0.25, 0.3) is 0 Å². The standard InChI is InChI=1S/C26H32N4O/c1-20-24(28-26(27)29-25(20)31-19-23-15-9-4-10-16-23)30(17-21-11-5-2-6-12-21)18-22-13-7-3-8-14-22/h2-3,5-8,11-14,23H,4,9-10,15-19H2,1H3,(H2,27,28,29). The first-order valence-electron chi connectivity index (χ1n) is 11.3. The third-order valence-electron chi connectivity index (χ3n) is 6.01. The molecule has 0 amide bonds. The molecule has 0 aliphatic heterocycles. The maximum atomic E-state index is 6.19. The highest BCUT2D eigenvalue weighted by atomic mass is 16.5. The lowest BCUT2D eigenvalue weighted by molar-refractivity contribution is 0.202. The van der Waals surface area contributed by atoms with Crippen molar-refractivity contribution in [2.75, 3.05) is 17.2 Å². The Morgan fingerprint density at radius 2 is 1.45 bits per heavy atom. The molecule has 0 atom stereocenters. The molecule has 0 bridgehead atoms. The van der Waals surface area contributed by atoms with Crippen molar-refractivity contribution >= 4 is 11.8 Å². The lowest BCUT2D eigenvalue weighted by atomic mass is 9.90. The summed E-state index contributed by atoms with van der Waals surface area (Å²) < 4.78 is 6.19. The molecule has 1 aromatic heterocycles. The van der Waals surface area contributed by atoms with Crippen molar-refractivity contribution in [3.63, 3.8) is 0 Å². The Bertz CT molecular complexity index is 914. The Balaban J connectivity index is 1.60. The predicted molar refractivity (Wildman–Crippen MR) is 126 cm³/mol. The van der Waals surface area contributed by atoms with Gasteiger partial charge in [-0.3, -0.25) is 0 Å². The van der Waals surface area contributed by atoms with Crippen molar-refractivity contribution in [1.82, 2.24) is 9.97 Å². The molecule has 5 heteroatoms. The minimum absolute atomic E-state index is 0.255. The predicted octanol–water partition coefficient (Wildman–Crippen LogP) is 5.53. The summed E-state index contributed by atoms with van der Waals surface area (Å²) >= 11 is 0. The molecule has 4 rings (SSSR count). The first-order valence-corrected chi connectivity index (χ1v) is 11.3. The number of nitrogens with zero attached hydrogens (tertiary/aromatic N) is 3. The van der Waals surface area contributed by atoms with Crippen LogP contribution in [0.25, 0.3) is 0 Å². The van der Waals surface area contributed by atoms with E-state index < -0.39 is 0 Å². The Morgan fingerprint density at radius 3 is 2.03 bits per heavy atom. The van der Waals surface area contributed by atoms with Gasteiger partial charge < -0.3 is 15.4 Å². The van der Waals surface area contributed by atoms with E-state index in [-0.39, 0.29) is 5.95 Å². The van der Waals surface area contributed by atoms with Gasteiger partial charge >= 0.3 is 0 Å². The summed E-state index contributed by atoms with van der Waals surface area (Å²) in [7, 11) is 0. The smallest absolute Gasteiger partial charge is 0.225 e. The average Bonchev–Trinajstić information content (AvgIpc) is 2.81. The molecule has 162 valence electrons. The first-order chi connectivity index (χ1) is 15.2. The maximum absolute atomic E-state index is 6.19. The molecule has 3 aromatic rings. The van der Waals surface area contributed by atoms with E-state index in [2.05, 4.69) is 63.4 Å². The molecular weight excluding hydrogens is 384 g/mol. The summed E-state index contributed by atoms with van der Waals surface area (Å²) in [5.41, 5.74) is 9.52. The SMILES string of the molecule is Cc1c(OCC2CCCCC2)nc(N)nc1N(Cc1ccccc1)Cc1ccccc1. The molecule has 0 spiro atoms. The van der Waals surface area contributed by atoms with Crippen LogP contribution in [0.5, 0.6) is 5.88 Å². The molecule has 0 radical (unpaired) electrons. The van der Waals surface area contributed by atoms with Crippen LogP contribution in [0.4, 0.5) is 11.8 Å². The van der Waals surface area contributed by atoms with E-state index in [1.54, 1.807) is 0 Å². The second-order valence-corrected chi connectivity index (χ2v) is 8.48. The fraction of sp³-hybridized carbons (Fsp3) is 0.385. The molecule has 1 heterocycles. The van der Waals surface area contributed by atoms with Crippen LogP contribution in [0, 0.1) is 12.8 Å². The van der Waals surface area contributed by atoms with Gasteiger partial charge in [0.15, 0.2) is 0 Å². The van der Waals surface area contributed by atoms with Crippen molar-refractivity contribution < 1.29 is 4.74 Å². The van der Waals surface area contributed by atoms with Gasteiger partial charge in [0.1, 0.15) is 5.82 Å². The number of nitrogens with two attached hydrogens (primary N) is 1. The number of anilines is 2. The van der Waals surface area contributed by atoms with Crippen LogP contribution >= 0.6 is 0 Å². The van der Waals surface area contributed by atoms with E-state index in [1.165, 1.54) is 43.2 Å². The molecule has 1 saturated carbocycles. The van der Waals surface area contributed by atoms with Gasteiger partial charge in [0.2, 0.25) is 11.8 Å². The van der Waals surface area contributed by atoms with Gasteiger partial charge in [-0.2, -0.15) is 9.97 Å². The Labute approximate surface area is 185 Å². The fourth-order valence-corrected chi connectivity index (χ4v) is 4.31. The zero-order chi connectivity index (χ0) is 21.5. The lowest BCUT2D eigenvalue weighted by Crippen LogP contribution is -2.25. The second-order valence-electron chi connectivity index (χ2n) is 8.48. The number of hydrogen-bond acceptors (Lipinski definition) is 5. The van der Waals surface area contributed by atoms with Gasteiger partial charge in [0, 0.05) is 13.1 Å². The molecule has 1 aliphatic rings. The third kappa shape index (κ3) is 5.75. The minimum atomic E-state index is 0.255. The Kier molecular flexibility index (Phi) is 7.03. The van der Waals surface area contributed by atoms with Crippen LogP contribution in [0.15, 0.2) is 60.7 Å². The quantitative estimate of drug-likeness (QED) is 0.523. The summed E-state index contributed by atoms with van der Waals surface area (Å²) in [4.78, 5) is 11.3. The Morgan fingerprint density at radius 1 is 0.871 bits per heavy atom. The average molecular weight is 417 g/mol. The third-order valence-corrected chi connectivity index (χ3v) is 6.01. The van der Waals surface area contributed by atoms with Gasteiger partial charge in [-0.1, -0.05) is 79.9 Å². The lowest BCUT2D eigenvalue weighted by Gasteiger charge is -2.27. The highest BCUT2D eigenvalue weighted by Crippen LogP contribution is 2.30. The molecule has 2 aromatic carbocycles. The summed E-state index contributed by atoms with van der Waals surface area (Å²) in [6.07, 6.45) is 6.41. The summed E-state index contributed by atoms with van der Waals surface area (Å²) in [5, 5.41) is 0. The van der Waals surface area contributed by atoms with E-state index in [9.17, 15) is 0 Å². The number of nitrogen functional groups attached to an aromatic ring is 1.